The number of likely N-dealkylation sites (tertiary alicyclic amines) is 1. The Morgan fingerprint density at radius 1 is 0.829 bits per heavy atom. The van der Waals surface area contributed by atoms with Crippen LogP contribution in [0.5, 0.6) is 0 Å². The first-order valence-corrected chi connectivity index (χ1v) is 15.0. The summed E-state index contributed by atoms with van der Waals surface area (Å²) in [5, 5.41) is 4.06. The van der Waals surface area contributed by atoms with Gasteiger partial charge in [-0.15, -0.1) is 0 Å². The van der Waals surface area contributed by atoms with Crippen molar-refractivity contribution in [3.63, 3.8) is 0 Å². The molecule has 2 heterocycles. The van der Waals surface area contributed by atoms with E-state index in [4.69, 9.17) is 28.9 Å². The van der Waals surface area contributed by atoms with Crippen LogP contribution in [0.15, 0.2) is 91.0 Å². The van der Waals surface area contributed by atoms with E-state index in [1.165, 1.54) is 16.7 Å². The number of hydrogen-bond acceptors (Lipinski definition) is 3. The summed E-state index contributed by atoms with van der Waals surface area (Å²) in [5.74, 6) is 0.355. The Morgan fingerprint density at radius 2 is 1.56 bits per heavy atom. The average Bonchev–Trinajstić information content (AvgIpc) is 2.97. The summed E-state index contributed by atoms with van der Waals surface area (Å²) < 4.78 is 0. The molecule has 5 nitrogen and oxygen atoms in total. The van der Waals surface area contributed by atoms with Gasteiger partial charge in [-0.3, -0.25) is 4.90 Å². The van der Waals surface area contributed by atoms with Crippen molar-refractivity contribution in [2.45, 2.75) is 31.8 Å². The van der Waals surface area contributed by atoms with Gasteiger partial charge in [0.25, 0.3) is 0 Å². The topological polar surface area (TPSA) is 61.6 Å². The van der Waals surface area contributed by atoms with Crippen molar-refractivity contribution in [1.29, 1.82) is 0 Å². The minimum Gasteiger partial charge on any atom is -0.399 e. The molecule has 7 heteroatoms. The van der Waals surface area contributed by atoms with Gasteiger partial charge in [0.1, 0.15) is 0 Å². The predicted octanol–water partition coefficient (Wildman–Crippen LogP) is 8.29. The van der Waals surface area contributed by atoms with Crippen LogP contribution in [0, 0.1) is 5.92 Å². The van der Waals surface area contributed by atoms with Crippen molar-refractivity contribution in [2.75, 3.05) is 30.7 Å². The molecule has 2 aliphatic rings. The lowest BCUT2D eigenvalue weighted by molar-refractivity contribution is 0.0974. The van der Waals surface area contributed by atoms with Gasteiger partial charge in [-0.2, -0.15) is 0 Å². The molecular weight excluding hydrogens is 551 g/mol. The van der Waals surface area contributed by atoms with E-state index in [0.29, 0.717) is 28.2 Å². The van der Waals surface area contributed by atoms with Crippen LogP contribution in [-0.4, -0.2) is 35.5 Å². The molecule has 3 N–H and O–H groups in total. The summed E-state index contributed by atoms with van der Waals surface area (Å²) in [6.45, 7) is 3.61. The van der Waals surface area contributed by atoms with Gasteiger partial charge in [-0.1, -0.05) is 83.9 Å². The molecule has 0 bridgehead atoms. The van der Waals surface area contributed by atoms with Crippen molar-refractivity contribution >= 4 is 40.6 Å². The summed E-state index contributed by atoms with van der Waals surface area (Å²) in [4.78, 5) is 18.3. The van der Waals surface area contributed by atoms with Crippen molar-refractivity contribution in [2.24, 2.45) is 5.92 Å². The summed E-state index contributed by atoms with van der Waals surface area (Å²) in [7, 11) is 0. The largest absolute Gasteiger partial charge is 0.399 e. The SMILES string of the molecule is Nc1cccc(-c2ccc3c(c2)CCN(C(=O)Nc2cc(Cl)cc(Cl)c2)C3C2CCN(Cc3ccccc3)CC2)c1. The number of urea groups is 1. The number of rotatable bonds is 5. The van der Waals surface area contributed by atoms with Crippen LogP contribution in [0.3, 0.4) is 0 Å². The van der Waals surface area contributed by atoms with Gasteiger partial charge in [0.2, 0.25) is 0 Å². The van der Waals surface area contributed by atoms with Crippen LogP contribution >= 0.6 is 23.2 Å². The number of anilines is 2. The first kappa shape index (κ1) is 27.6. The average molecular weight is 586 g/mol. The molecule has 0 saturated carbocycles. The quantitative estimate of drug-likeness (QED) is 0.232. The number of piperidine rings is 1. The van der Waals surface area contributed by atoms with E-state index in [-0.39, 0.29) is 12.1 Å². The second-order valence-electron chi connectivity index (χ2n) is 11.1. The van der Waals surface area contributed by atoms with Crippen LogP contribution in [-0.2, 0) is 13.0 Å². The van der Waals surface area contributed by atoms with Crippen LogP contribution < -0.4 is 11.1 Å². The number of carbonyl (C=O) groups excluding carboxylic acids is 1. The van der Waals surface area contributed by atoms with Crippen LogP contribution in [0.2, 0.25) is 10.0 Å². The second-order valence-corrected chi connectivity index (χ2v) is 12.0. The third kappa shape index (κ3) is 6.38. The highest BCUT2D eigenvalue weighted by molar-refractivity contribution is 6.35. The molecule has 0 aliphatic carbocycles. The number of hydrogen-bond donors (Lipinski definition) is 2. The zero-order chi connectivity index (χ0) is 28.3. The molecule has 2 aliphatic heterocycles. The highest BCUT2D eigenvalue weighted by atomic mass is 35.5. The number of fused-ring (bicyclic) bond motifs is 1. The minimum absolute atomic E-state index is 0.0119. The summed E-state index contributed by atoms with van der Waals surface area (Å²) in [6, 6.07) is 30.3. The molecule has 0 spiro atoms. The third-order valence-corrected chi connectivity index (χ3v) is 8.78. The highest BCUT2D eigenvalue weighted by Gasteiger charge is 2.38. The number of nitrogens with zero attached hydrogens (tertiary/aromatic N) is 2. The maximum atomic E-state index is 13.8. The molecule has 0 radical (unpaired) electrons. The van der Waals surface area contributed by atoms with Gasteiger partial charge in [-0.25, -0.2) is 4.79 Å². The number of amides is 2. The maximum absolute atomic E-state index is 13.8. The molecule has 1 unspecified atom stereocenters. The van der Waals surface area contributed by atoms with E-state index in [1.807, 2.05) is 23.1 Å². The fourth-order valence-electron chi connectivity index (χ4n) is 6.38. The Balaban J connectivity index is 1.27. The molecule has 0 aromatic heterocycles. The van der Waals surface area contributed by atoms with Gasteiger partial charge >= 0.3 is 6.03 Å². The smallest absolute Gasteiger partial charge is 0.322 e. The van der Waals surface area contributed by atoms with E-state index in [1.54, 1.807) is 18.2 Å². The van der Waals surface area contributed by atoms with Crippen LogP contribution in [0.1, 0.15) is 35.6 Å². The Hall–Kier alpha value is -3.51. The standard InChI is InChI=1S/C34H34Cl2N4O/c35-28-19-29(36)21-31(20-28)38-34(41)40-16-13-27-17-26(25-7-4-8-30(37)18-25)9-10-32(27)33(40)24-11-14-39(15-12-24)22-23-5-2-1-3-6-23/h1-10,17-21,24,33H,11-16,22,37H2,(H,38,41). The molecular formula is C34H34Cl2N4O. The first-order valence-electron chi connectivity index (χ1n) is 14.2. The maximum Gasteiger partial charge on any atom is 0.322 e. The number of halogens is 2. The highest BCUT2D eigenvalue weighted by Crippen LogP contribution is 2.42. The van der Waals surface area contributed by atoms with E-state index in [2.05, 4.69) is 64.8 Å². The van der Waals surface area contributed by atoms with Crippen LogP contribution in [0.25, 0.3) is 11.1 Å². The van der Waals surface area contributed by atoms with Crippen molar-refractivity contribution in [3.05, 3.63) is 118 Å². The van der Waals surface area contributed by atoms with Crippen molar-refractivity contribution in [1.82, 2.24) is 9.80 Å². The molecule has 210 valence electrons. The minimum atomic E-state index is -0.120. The van der Waals surface area contributed by atoms with E-state index in [9.17, 15) is 4.79 Å². The molecule has 1 atom stereocenters. The summed E-state index contributed by atoms with van der Waals surface area (Å²) >= 11 is 12.4. The lowest BCUT2D eigenvalue weighted by Crippen LogP contribution is -2.47. The fourth-order valence-corrected chi connectivity index (χ4v) is 6.91. The molecule has 4 aromatic rings. The van der Waals surface area contributed by atoms with E-state index >= 15 is 0 Å². The molecule has 6 rings (SSSR count). The third-order valence-electron chi connectivity index (χ3n) is 8.34. The lowest BCUT2D eigenvalue weighted by atomic mass is 9.79. The van der Waals surface area contributed by atoms with Crippen LogP contribution in [0.4, 0.5) is 16.2 Å². The van der Waals surface area contributed by atoms with E-state index in [0.717, 1.165) is 55.7 Å². The van der Waals surface area contributed by atoms with Crippen molar-refractivity contribution in [3.8, 4) is 11.1 Å². The normalized spacial score (nSPS) is 17.7. The zero-order valence-corrected chi connectivity index (χ0v) is 24.4. The van der Waals surface area contributed by atoms with Gasteiger partial charge in [0.15, 0.2) is 0 Å². The molecule has 1 fully saturated rings. The monoisotopic (exact) mass is 584 g/mol. The number of benzene rings is 4. The van der Waals surface area contributed by atoms with E-state index < -0.39 is 0 Å². The molecule has 2 amide bonds. The second kappa shape index (κ2) is 12.2. The number of carbonyl (C=O) groups is 1. The van der Waals surface area contributed by atoms with Gasteiger partial charge in [0.05, 0.1) is 6.04 Å². The molecule has 4 aromatic carbocycles. The van der Waals surface area contributed by atoms with Gasteiger partial charge < -0.3 is 16.0 Å². The van der Waals surface area contributed by atoms with Crippen molar-refractivity contribution < 1.29 is 4.79 Å². The predicted molar refractivity (Wildman–Crippen MR) is 169 cm³/mol. The van der Waals surface area contributed by atoms with Gasteiger partial charge in [0, 0.05) is 34.5 Å². The summed E-state index contributed by atoms with van der Waals surface area (Å²) in [6.07, 6.45) is 2.85. The lowest BCUT2D eigenvalue weighted by Gasteiger charge is -2.44. The number of nitrogens with two attached hydrogens (primary N) is 1. The zero-order valence-electron chi connectivity index (χ0n) is 22.9. The Kier molecular flexibility index (Phi) is 8.20. The van der Waals surface area contributed by atoms with Gasteiger partial charge in [-0.05, 0) is 96.4 Å². The number of nitrogen functional groups attached to an aromatic ring is 1. The first-order chi connectivity index (χ1) is 19.9. The fraction of sp³-hybridized carbons (Fsp3) is 0.265. The molecule has 1 saturated heterocycles. The Morgan fingerprint density at radius 3 is 2.29 bits per heavy atom. The Labute approximate surface area is 251 Å². The summed E-state index contributed by atoms with van der Waals surface area (Å²) in [5.41, 5.74) is 13.6. The Bertz CT molecular complexity index is 1520. The molecule has 41 heavy (non-hydrogen) atoms. The number of nitrogens with one attached hydrogen (secondary N) is 1.